The molecule has 0 radical (unpaired) electrons. The molecule has 0 spiro atoms. The molecule has 0 aliphatic heterocycles. The minimum Gasteiger partial charge on any atom is -0.372 e. The van der Waals surface area contributed by atoms with Gasteiger partial charge < -0.3 is 4.42 Å². The summed E-state index contributed by atoms with van der Waals surface area (Å²) in [5.41, 5.74) is -0.126. The topological polar surface area (TPSA) is 52.2 Å². The Labute approximate surface area is 104 Å². The van der Waals surface area contributed by atoms with E-state index in [4.69, 9.17) is 11.6 Å². The monoisotopic (exact) mass is 303 g/mol. The maximum Gasteiger partial charge on any atom is 0.422 e. The van der Waals surface area contributed by atoms with E-state index in [-0.39, 0.29) is 0 Å². The van der Waals surface area contributed by atoms with E-state index < -0.39 is 11.4 Å². The van der Waals surface area contributed by atoms with Gasteiger partial charge in [0.25, 0.3) is 0 Å². The summed E-state index contributed by atoms with van der Waals surface area (Å²) in [6.07, 6.45) is 0. The number of nitrogens with zero attached hydrogens (tertiary/aromatic N) is 1. The van der Waals surface area contributed by atoms with Crippen LogP contribution in [0.25, 0.3) is 10.9 Å². The Hall–Kier alpha value is -1.07. The predicted octanol–water partition coefficient (Wildman–Crippen LogP) is 2.00. The Morgan fingerprint density at radius 3 is 2.81 bits per heavy atom. The molecule has 4 nitrogen and oxygen atoms in total. The van der Waals surface area contributed by atoms with Crippen LogP contribution in [0.5, 0.6) is 0 Å². The molecule has 2 aromatic rings. The van der Waals surface area contributed by atoms with Gasteiger partial charge in [-0.2, -0.15) is 0 Å². The van der Waals surface area contributed by atoms with Gasteiger partial charge in [0.15, 0.2) is 0 Å². The molecule has 0 unspecified atom stereocenters. The van der Waals surface area contributed by atoms with Crippen LogP contribution in [-0.2, 0) is 6.54 Å². The fourth-order valence-electron chi connectivity index (χ4n) is 1.49. The Kier molecular flexibility index (Phi) is 3.16. The van der Waals surface area contributed by atoms with Crippen LogP contribution in [0.2, 0.25) is 5.02 Å². The van der Waals surface area contributed by atoms with Crippen molar-refractivity contribution >= 4 is 38.4 Å². The van der Waals surface area contributed by atoms with Gasteiger partial charge >= 0.3 is 11.4 Å². The molecule has 0 aliphatic rings. The lowest BCUT2D eigenvalue weighted by atomic mass is 10.2. The lowest BCUT2D eigenvalue weighted by molar-refractivity contribution is 0.422. The minimum atomic E-state index is -0.659. The molecule has 2 rings (SSSR count). The first-order valence-corrected chi connectivity index (χ1v) is 6.02. The van der Waals surface area contributed by atoms with Gasteiger partial charge in [0, 0.05) is 16.9 Å². The summed E-state index contributed by atoms with van der Waals surface area (Å²) in [5.74, 6) is -0.653. The molecule has 6 heteroatoms. The molecule has 84 valence electrons. The number of benzene rings is 1. The number of alkyl halides is 1. The third-order valence-corrected chi connectivity index (χ3v) is 2.77. The van der Waals surface area contributed by atoms with Crippen LogP contribution < -0.4 is 11.4 Å². The SMILES string of the molecule is O=c1oc(=O)n(CCBr)c2ccc(Cl)cc12. The molecule has 0 aliphatic carbocycles. The quantitative estimate of drug-likeness (QED) is 0.798. The molecule has 0 fully saturated rings. The van der Waals surface area contributed by atoms with Crippen LogP contribution in [0.3, 0.4) is 0 Å². The molecule has 1 aromatic carbocycles. The number of aromatic nitrogens is 1. The van der Waals surface area contributed by atoms with Crippen molar-refractivity contribution in [2.45, 2.75) is 6.54 Å². The van der Waals surface area contributed by atoms with Gasteiger partial charge in [-0.3, -0.25) is 4.57 Å². The average molecular weight is 305 g/mol. The molecular weight excluding hydrogens is 297 g/mol. The minimum absolute atomic E-state index is 0.313. The van der Waals surface area contributed by atoms with Crippen molar-refractivity contribution in [2.75, 3.05) is 5.33 Å². The lowest BCUT2D eigenvalue weighted by Gasteiger charge is -2.06. The normalized spacial score (nSPS) is 10.9. The van der Waals surface area contributed by atoms with Crippen molar-refractivity contribution in [3.05, 3.63) is 44.2 Å². The highest BCUT2D eigenvalue weighted by Crippen LogP contribution is 2.15. The first kappa shape index (κ1) is 11.4. The van der Waals surface area contributed by atoms with E-state index in [2.05, 4.69) is 20.3 Å². The first-order chi connectivity index (χ1) is 7.63. The van der Waals surface area contributed by atoms with Crippen molar-refractivity contribution < 1.29 is 4.42 Å². The highest BCUT2D eigenvalue weighted by Gasteiger charge is 2.08. The van der Waals surface area contributed by atoms with E-state index in [9.17, 15) is 9.59 Å². The molecule has 0 saturated carbocycles. The van der Waals surface area contributed by atoms with E-state index in [1.54, 1.807) is 12.1 Å². The Bertz CT molecular complexity index is 647. The molecule has 0 N–H and O–H groups in total. The number of hydrogen-bond donors (Lipinski definition) is 0. The van der Waals surface area contributed by atoms with Crippen LogP contribution >= 0.6 is 27.5 Å². The summed E-state index contributed by atoms with van der Waals surface area (Å²) in [4.78, 5) is 22.9. The fraction of sp³-hybridized carbons (Fsp3) is 0.200. The lowest BCUT2D eigenvalue weighted by Crippen LogP contribution is -2.25. The summed E-state index contributed by atoms with van der Waals surface area (Å²) >= 11 is 9.02. The molecule has 0 atom stereocenters. The highest BCUT2D eigenvalue weighted by molar-refractivity contribution is 9.09. The van der Waals surface area contributed by atoms with Gasteiger partial charge in [0.2, 0.25) is 0 Å². The second-order valence-corrected chi connectivity index (χ2v) is 4.39. The first-order valence-electron chi connectivity index (χ1n) is 4.52. The molecule has 1 heterocycles. The number of halogens is 2. The summed E-state index contributed by atoms with van der Waals surface area (Å²) in [5, 5.41) is 1.34. The number of aryl methyl sites for hydroxylation is 1. The zero-order chi connectivity index (χ0) is 11.7. The van der Waals surface area contributed by atoms with Gasteiger partial charge in [-0.25, -0.2) is 9.59 Å². The standard InChI is InChI=1S/C10H7BrClNO3/c11-3-4-13-8-2-1-6(12)5-7(8)9(14)16-10(13)15/h1-2,5H,3-4H2. The molecule has 0 amide bonds. The summed E-state index contributed by atoms with van der Waals surface area (Å²) < 4.78 is 5.99. The summed E-state index contributed by atoms with van der Waals surface area (Å²) in [6, 6.07) is 4.76. The van der Waals surface area contributed by atoms with Crippen LogP contribution in [0.1, 0.15) is 0 Å². The van der Waals surface area contributed by atoms with Gasteiger partial charge in [0.1, 0.15) is 0 Å². The maximum atomic E-state index is 11.5. The Balaban J connectivity index is 2.90. The van der Waals surface area contributed by atoms with Crippen molar-refractivity contribution in [3.63, 3.8) is 0 Å². The number of hydrogen-bond acceptors (Lipinski definition) is 3. The largest absolute Gasteiger partial charge is 0.422 e. The summed E-state index contributed by atoms with van der Waals surface area (Å²) in [6.45, 7) is 0.431. The second kappa shape index (κ2) is 4.43. The molecule has 0 bridgehead atoms. The smallest absolute Gasteiger partial charge is 0.372 e. The Morgan fingerprint density at radius 2 is 2.12 bits per heavy atom. The van der Waals surface area contributed by atoms with E-state index in [1.807, 2.05) is 0 Å². The number of fused-ring (bicyclic) bond motifs is 1. The maximum absolute atomic E-state index is 11.5. The predicted molar refractivity (Wildman–Crippen MR) is 65.5 cm³/mol. The molecule has 1 aromatic heterocycles. The van der Waals surface area contributed by atoms with Gasteiger partial charge in [-0.05, 0) is 18.2 Å². The molecular formula is C10H7BrClNO3. The third kappa shape index (κ3) is 1.92. The van der Waals surface area contributed by atoms with Crippen molar-refractivity contribution in [1.29, 1.82) is 0 Å². The highest BCUT2D eigenvalue weighted by atomic mass is 79.9. The summed E-state index contributed by atoms with van der Waals surface area (Å²) in [7, 11) is 0. The Morgan fingerprint density at radius 1 is 1.38 bits per heavy atom. The fourth-order valence-corrected chi connectivity index (χ4v) is 2.02. The van der Waals surface area contributed by atoms with Crippen molar-refractivity contribution in [2.24, 2.45) is 0 Å². The zero-order valence-corrected chi connectivity index (χ0v) is 10.4. The van der Waals surface area contributed by atoms with Crippen LogP contribution in [0.15, 0.2) is 32.2 Å². The van der Waals surface area contributed by atoms with Crippen molar-refractivity contribution in [3.8, 4) is 0 Å². The number of rotatable bonds is 2. The van der Waals surface area contributed by atoms with Crippen LogP contribution in [0, 0.1) is 0 Å². The van der Waals surface area contributed by atoms with Gasteiger partial charge in [-0.15, -0.1) is 0 Å². The van der Waals surface area contributed by atoms with Crippen molar-refractivity contribution in [1.82, 2.24) is 4.57 Å². The molecule has 16 heavy (non-hydrogen) atoms. The van der Waals surface area contributed by atoms with Crippen LogP contribution in [0.4, 0.5) is 0 Å². The van der Waals surface area contributed by atoms with E-state index in [0.29, 0.717) is 27.8 Å². The second-order valence-electron chi connectivity index (χ2n) is 3.16. The van der Waals surface area contributed by atoms with Crippen LogP contribution in [-0.4, -0.2) is 9.90 Å². The average Bonchev–Trinajstić information content (AvgIpc) is 2.24. The van der Waals surface area contributed by atoms with Gasteiger partial charge in [0.05, 0.1) is 10.9 Å². The zero-order valence-electron chi connectivity index (χ0n) is 8.07. The molecule has 0 saturated heterocycles. The van der Waals surface area contributed by atoms with E-state index in [1.165, 1.54) is 10.6 Å². The van der Waals surface area contributed by atoms with E-state index >= 15 is 0 Å². The van der Waals surface area contributed by atoms with E-state index in [0.717, 1.165) is 0 Å². The third-order valence-electron chi connectivity index (χ3n) is 2.18. The van der Waals surface area contributed by atoms with Gasteiger partial charge in [-0.1, -0.05) is 27.5 Å².